The molecule has 0 amide bonds. The molecular formula is C19H18F5NO2S. The molecule has 0 atom stereocenters. The Balaban J connectivity index is 2.40. The van der Waals surface area contributed by atoms with Crippen LogP contribution in [-0.2, 0) is 23.9 Å². The molecule has 3 nitrogen and oxygen atoms in total. The van der Waals surface area contributed by atoms with Crippen LogP contribution in [0.1, 0.15) is 35.6 Å². The first-order valence-electron chi connectivity index (χ1n) is 8.25. The van der Waals surface area contributed by atoms with E-state index in [2.05, 4.69) is 5.32 Å². The van der Waals surface area contributed by atoms with Gasteiger partial charge in [-0.25, -0.2) is 8.78 Å². The van der Waals surface area contributed by atoms with E-state index in [9.17, 15) is 22.0 Å². The maximum Gasteiger partial charge on any atom is 0.419 e. The van der Waals surface area contributed by atoms with E-state index in [-0.39, 0.29) is 22.0 Å². The molecule has 2 aromatic rings. The van der Waals surface area contributed by atoms with Crippen molar-refractivity contribution < 1.29 is 31.4 Å². The number of benzene rings is 2. The van der Waals surface area contributed by atoms with E-state index >= 15 is 0 Å². The molecule has 9 heteroatoms. The van der Waals surface area contributed by atoms with Crippen LogP contribution in [0, 0.1) is 0 Å². The van der Waals surface area contributed by atoms with Crippen LogP contribution in [-0.4, -0.2) is 12.3 Å². The summed E-state index contributed by atoms with van der Waals surface area (Å²) in [5, 5.41) is 2.56. The number of aryl methyl sites for hydroxylation is 1. The highest BCUT2D eigenvalue weighted by Crippen LogP contribution is 2.38. The molecule has 0 aliphatic carbocycles. The van der Waals surface area contributed by atoms with E-state index in [1.807, 2.05) is 0 Å². The van der Waals surface area contributed by atoms with Gasteiger partial charge in [-0.3, -0.25) is 0 Å². The van der Waals surface area contributed by atoms with Crippen molar-refractivity contribution in [3.63, 3.8) is 0 Å². The summed E-state index contributed by atoms with van der Waals surface area (Å²) in [4.78, 5) is 0. The van der Waals surface area contributed by atoms with Crippen molar-refractivity contribution in [3.05, 3.63) is 58.7 Å². The third-order valence-electron chi connectivity index (χ3n) is 4.00. The van der Waals surface area contributed by atoms with Gasteiger partial charge in [0.25, 0.3) is 11.6 Å². The Morgan fingerprint density at radius 1 is 1.18 bits per heavy atom. The van der Waals surface area contributed by atoms with E-state index < -0.39 is 30.5 Å². The fourth-order valence-corrected chi connectivity index (χ4v) is 2.65. The first-order valence-corrected chi connectivity index (χ1v) is 8.66. The van der Waals surface area contributed by atoms with Crippen LogP contribution in [0.5, 0.6) is 5.75 Å². The molecule has 0 aliphatic rings. The Hall–Kier alpha value is -2.42. The minimum atomic E-state index is -4.64. The molecule has 0 saturated heterocycles. The Labute approximate surface area is 164 Å². The van der Waals surface area contributed by atoms with Crippen molar-refractivity contribution in [2.24, 2.45) is 0 Å². The molecule has 0 radical (unpaired) electrons. The maximum atomic E-state index is 13.4. The van der Waals surface area contributed by atoms with Gasteiger partial charge in [-0.1, -0.05) is 25.1 Å². The van der Waals surface area contributed by atoms with Gasteiger partial charge in [-0.2, -0.15) is 13.2 Å². The van der Waals surface area contributed by atoms with Crippen molar-refractivity contribution in [2.75, 3.05) is 12.4 Å². The highest BCUT2D eigenvalue weighted by molar-refractivity contribution is 7.80. The number of ether oxygens (including phenoxy) is 2. The first kappa shape index (κ1) is 21.9. The lowest BCUT2D eigenvalue weighted by Gasteiger charge is -2.19. The van der Waals surface area contributed by atoms with E-state index in [1.54, 1.807) is 6.92 Å². The lowest BCUT2D eigenvalue weighted by atomic mass is 10.1. The van der Waals surface area contributed by atoms with Crippen molar-refractivity contribution in [3.8, 4) is 5.75 Å². The largest absolute Gasteiger partial charge is 0.488 e. The molecule has 0 spiro atoms. The monoisotopic (exact) mass is 419 g/mol. The average Bonchev–Trinajstić information content (AvgIpc) is 2.65. The number of thiocarbonyl (C=S) groups is 1. The van der Waals surface area contributed by atoms with Gasteiger partial charge in [0, 0.05) is 16.8 Å². The molecule has 0 aromatic heterocycles. The Bertz CT molecular complexity index is 840. The predicted octanol–water partition coefficient (Wildman–Crippen LogP) is 6.13. The second kappa shape index (κ2) is 9.18. The van der Waals surface area contributed by atoms with Gasteiger partial charge in [0.2, 0.25) is 0 Å². The topological polar surface area (TPSA) is 30.5 Å². The molecule has 0 unspecified atom stereocenters. The molecule has 152 valence electrons. The lowest BCUT2D eigenvalue weighted by molar-refractivity contribution is -0.139. The minimum absolute atomic E-state index is 0.00964. The summed E-state index contributed by atoms with van der Waals surface area (Å²) in [5.74, 6) is -0.436. The number of hydrogen-bond donors (Lipinski definition) is 1. The van der Waals surface area contributed by atoms with E-state index in [0.29, 0.717) is 12.0 Å². The van der Waals surface area contributed by atoms with Gasteiger partial charge in [0.15, 0.2) is 0 Å². The molecule has 0 bridgehead atoms. The summed E-state index contributed by atoms with van der Waals surface area (Å²) in [6.07, 6.45) is -7.07. The van der Waals surface area contributed by atoms with Gasteiger partial charge in [-0.05, 0) is 42.4 Å². The highest BCUT2D eigenvalue weighted by atomic mass is 32.1. The molecule has 2 aromatic carbocycles. The van der Waals surface area contributed by atoms with Crippen molar-refractivity contribution in [2.45, 2.75) is 32.6 Å². The minimum Gasteiger partial charge on any atom is -0.488 e. The van der Waals surface area contributed by atoms with Crippen molar-refractivity contribution >= 4 is 23.1 Å². The zero-order chi connectivity index (χ0) is 20.9. The standard InChI is InChI=1S/C19H18F5NO2S/c1-3-11-7-8-16(14(9-11)19(22,23)24)27-10-13-12(17(20)21)5-4-6-15(13)25-18(28)26-2/h4-9,17H,3,10H2,1-2H3,(H,25,28). The molecule has 1 N–H and O–H groups in total. The number of alkyl halides is 5. The molecular weight excluding hydrogens is 401 g/mol. The fraction of sp³-hybridized carbons (Fsp3) is 0.316. The maximum absolute atomic E-state index is 13.4. The number of hydrogen-bond acceptors (Lipinski definition) is 3. The summed E-state index contributed by atoms with van der Waals surface area (Å²) in [7, 11) is 1.30. The molecule has 0 aliphatic heterocycles. The third-order valence-corrected chi connectivity index (χ3v) is 4.27. The number of nitrogens with one attached hydrogen (secondary N) is 1. The van der Waals surface area contributed by atoms with Gasteiger partial charge in [-0.15, -0.1) is 0 Å². The van der Waals surface area contributed by atoms with Crippen LogP contribution in [0.25, 0.3) is 0 Å². The molecule has 2 rings (SSSR count). The summed E-state index contributed by atoms with van der Waals surface area (Å²) < 4.78 is 77.0. The number of rotatable bonds is 6. The normalized spacial score (nSPS) is 11.4. The van der Waals surface area contributed by atoms with Crippen LogP contribution >= 0.6 is 12.2 Å². The Morgan fingerprint density at radius 2 is 1.89 bits per heavy atom. The summed E-state index contributed by atoms with van der Waals surface area (Å²) in [5.41, 5.74) is -0.681. The summed E-state index contributed by atoms with van der Waals surface area (Å²) in [6, 6.07) is 7.70. The van der Waals surface area contributed by atoms with E-state index in [1.165, 1.54) is 37.4 Å². The molecule has 0 saturated carbocycles. The second-order valence-electron chi connectivity index (χ2n) is 5.76. The Kier molecular flexibility index (Phi) is 7.17. The first-order chi connectivity index (χ1) is 13.2. The quantitative estimate of drug-likeness (QED) is 0.451. The van der Waals surface area contributed by atoms with Crippen molar-refractivity contribution in [1.29, 1.82) is 0 Å². The third kappa shape index (κ3) is 5.31. The zero-order valence-corrected chi connectivity index (χ0v) is 15.9. The number of halogens is 5. The van der Waals surface area contributed by atoms with E-state index in [4.69, 9.17) is 21.7 Å². The van der Waals surface area contributed by atoms with Gasteiger partial charge >= 0.3 is 6.18 Å². The fourth-order valence-electron chi connectivity index (χ4n) is 2.54. The van der Waals surface area contributed by atoms with Gasteiger partial charge < -0.3 is 14.8 Å². The van der Waals surface area contributed by atoms with Crippen LogP contribution in [0.2, 0.25) is 0 Å². The molecule has 28 heavy (non-hydrogen) atoms. The van der Waals surface area contributed by atoms with Crippen molar-refractivity contribution in [1.82, 2.24) is 0 Å². The second-order valence-corrected chi connectivity index (χ2v) is 6.13. The lowest BCUT2D eigenvalue weighted by Crippen LogP contribution is -2.15. The highest BCUT2D eigenvalue weighted by Gasteiger charge is 2.34. The smallest absolute Gasteiger partial charge is 0.419 e. The van der Waals surface area contributed by atoms with Crippen LogP contribution < -0.4 is 10.1 Å². The van der Waals surface area contributed by atoms with Crippen LogP contribution in [0.4, 0.5) is 27.6 Å². The number of anilines is 1. The number of methoxy groups -OCH3 is 1. The summed E-state index contributed by atoms with van der Waals surface area (Å²) in [6.45, 7) is 1.22. The van der Waals surface area contributed by atoms with Gasteiger partial charge in [0.1, 0.15) is 12.4 Å². The van der Waals surface area contributed by atoms with Crippen LogP contribution in [0.15, 0.2) is 36.4 Å². The van der Waals surface area contributed by atoms with E-state index in [0.717, 1.165) is 6.07 Å². The predicted molar refractivity (Wildman–Crippen MR) is 99.8 cm³/mol. The molecule has 0 heterocycles. The Morgan fingerprint density at radius 3 is 2.46 bits per heavy atom. The molecule has 0 fully saturated rings. The summed E-state index contributed by atoms with van der Waals surface area (Å²) >= 11 is 4.87. The average molecular weight is 419 g/mol. The zero-order valence-electron chi connectivity index (χ0n) is 15.1. The van der Waals surface area contributed by atoms with Crippen LogP contribution in [0.3, 0.4) is 0 Å². The SMILES string of the molecule is CCc1ccc(OCc2c(NC(=S)OC)cccc2C(F)F)c(C(F)(F)F)c1. The van der Waals surface area contributed by atoms with Gasteiger partial charge in [0.05, 0.1) is 12.7 Å².